The Bertz CT molecular complexity index is 599. The van der Waals surface area contributed by atoms with Crippen LogP contribution in [0.4, 0.5) is 0 Å². The molecule has 1 saturated carbocycles. The average Bonchev–Trinajstić information content (AvgIpc) is 3.10. The van der Waals surface area contributed by atoms with Crippen molar-refractivity contribution in [3.8, 4) is 0 Å². The van der Waals surface area contributed by atoms with Gasteiger partial charge in [-0.2, -0.15) is 0 Å². The summed E-state index contributed by atoms with van der Waals surface area (Å²) in [5, 5.41) is 13.6. The van der Waals surface area contributed by atoms with E-state index in [9.17, 15) is 9.90 Å². The third kappa shape index (κ3) is 2.91. The van der Waals surface area contributed by atoms with E-state index in [0.717, 1.165) is 12.8 Å². The molecule has 1 aliphatic carbocycles. The van der Waals surface area contributed by atoms with Gasteiger partial charge in [-0.3, -0.25) is 10.1 Å². The van der Waals surface area contributed by atoms with Gasteiger partial charge in [-0.05, 0) is 12.8 Å². The second-order valence-electron chi connectivity index (χ2n) is 4.65. The van der Waals surface area contributed by atoms with Crippen LogP contribution in [0.2, 0.25) is 0 Å². The molecule has 0 bridgehead atoms. The number of aliphatic hydroxyl groups is 1. The summed E-state index contributed by atoms with van der Waals surface area (Å²) in [6.07, 6.45) is 6.26. The van der Waals surface area contributed by atoms with Crippen molar-refractivity contribution in [1.29, 1.82) is 0 Å². The summed E-state index contributed by atoms with van der Waals surface area (Å²) in [5.74, 6) is 0. The highest BCUT2D eigenvalue weighted by Crippen LogP contribution is 2.24. The summed E-state index contributed by atoms with van der Waals surface area (Å²) in [6, 6.07) is 0.306. The van der Waals surface area contributed by atoms with Gasteiger partial charge in [0.2, 0.25) is 5.71 Å². The van der Waals surface area contributed by atoms with Crippen LogP contribution in [0.5, 0.6) is 0 Å². The Morgan fingerprint density at radius 2 is 2.15 bits per heavy atom. The largest absolute Gasteiger partial charge is 0.445 e. The van der Waals surface area contributed by atoms with E-state index >= 15 is 0 Å². The molecule has 6 nitrogen and oxygen atoms in total. The first-order chi connectivity index (χ1) is 9.75. The molecule has 2 heterocycles. The lowest BCUT2D eigenvalue weighted by Gasteiger charge is -2.16. The van der Waals surface area contributed by atoms with E-state index in [4.69, 9.17) is 4.42 Å². The molecule has 0 radical (unpaired) electrons. The van der Waals surface area contributed by atoms with Crippen LogP contribution in [-0.2, 0) is 0 Å². The monoisotopic (exact) mass is 279 g/mol. The van der Waals surface area contributed by atoms with Crippen LogP contribution >= 0.6 is 0 Å². The first kappa shape index (κ1) is 14.7. The van der Waals surface area contributed by atoms with Crippen LogP contribution in [0.25, 0.3) is 11.1 Å². The van der Waals surface area contributed by atoms with Crippen LogP contribution in [0.15, 0.2) is 21.8 Å². The molecule has 3 N–H and O–H groups in total. The van der Waals surface area contributed by atoms with Crippen molar-refractivity contribution in [1.82, 2.24) is 15.3 Å². The molecule has 1 atom stereocenters. The van der Waals surface area contributed by atoms with Crippen LogP contribution in [0.1, 0.15) is 51.3 Å². The van der Waals surface area contributed by atoms with E-state index in [1.165, 1.54) is 25.4 Å². The Morgan fingerprint density at radius 1 is 1.45 bits per heavy atom. The maximum Gasteiger partial charge on any atom is 0.262 e. The topological polar surface area (TPSA) is 91.2 Å². The average molecular weight is 279 g/mol. The fourth-order valence-electron chi connectivity index (χ4n) is 2.51. The molecule has 0 amide bonds. The second-order valence-corrected chi connectivity index (χ2v) is 4.65. The molecule has 2 aromatic heterocycles. The summed E-state index contributed by atoms with van der Waals surface area (Å²) in [7, 11) is 0. The molecule has 0 aromatic carbocycles. The zero-order valence-corrected chi connectivity index (χ0v) is 11.8. The van der Waals surface area contributed by atoms with E-state index in [1.807, 2.05) is 13.8 Å². The summed E-state index contributed by atoms with van der Waals surface area (Å²) in [6.45, 7) is 4.00. The molecule has 110 valence electrons. The Morgan fingerprint density at radius 3 is 2.85 bits per heavy atom. The lowest BCUT2D eigenvalue weighted by molar-refractivity contribution is 0.124. The van der Waals surface area contributed by atoms with Crippen molar-refractivity contribution in [2.45, 2.75) is 51.8 Å². The number of furan rings is 1. The maximum absolute atomic E-state index is 11.7. The maximum atomic E-state index is 11.7. The Hall–Kier alpha value is -1.66. The van der Waals surface area contributed by atoms with Crippen LogP contribution in [0, 0.1) is 0 Å². The number of nitrogens with zero attached hydrogens (tertiary/aromatic N) is 1. The van der Waals surface area contributed by atoms with E-state index in [1.54, 1.807) is 0 Å². The fourth-order valence-corrected chi connectivity index (χ4v) is 2.51. The zero-order chi connectivity index (χ0) is 14.5. The second kappa shape index (κ2) is 6.67. The summed E-state index contributed by atoms with van der Waals surface area (Å²) >= 11 is 0. The third-order valence-corrected chi connectivity index (χ3v) is 3.45. The first-order valence-corrected chi connectivity index (χ1v) is 7.14. The highest BCUT2D eigenvalue weighted by Gasteiger charge is 2.22. The molecule has 20 heavy (non-hydrogen) atoms. The van der Waals surface area contributed by atoms with E-state index in [2.05, 4.69) is 15.3 Å². The fraction of sp³-hybridized carbons (Fsp3) is 0.571. The molecule has 2 aromatic rings. The van der Waals surface area contributed by atoms with Crippen molar-refractivity contribution in [2.24, 2.45) is 0 Å². The molecule has 1 fully saturated rings. The minimum absolute atomic E-state index is 0.251. The minimum Gasteiger partial charge on any atom is -0.445 e. The molecule has 0 aliphatic heterocycles. The zero-order valence-electron chi connectivity index (χ0n) is 11.8. The summed E-state index contributed by atoms with van der Waals surface area (Å²) < 4.78 is 5.18. The molecular weight excluding hydrogens is 258 g/mol. The van der Waals surface area contributed by atoms with Crippen molar-refractivity contribution in [3.05, 3.63) is 28.5 Å². The molecule has 1 aliphatic rings. The van der Waals surface area contributed by atoms with Crippen LogP contribution in [0.3, 0.4) is 0 Å². The van der Waals surface area contributed by atoms with Gasteiger partial charge in [-0.25, -0.2) is 4.98 Å². The summed E-state index contributed by atoms with van der Waals surface area (Å²) in [4.78, 5) is 18.1. The van der Waals surface area contributed by atoms with E-state index in [0.29, 0.717) is 17.0 Å². The standard InChI is InChI=1S/C12H15N3O3.C2H6/c16-10(15-7-3-1-2-4-7)8-5-18-12-9(8)11(17)13-6-14-12;1-2/h5-7,10,15-16H,1-4H2,(H,13,14,17);1-2H3. The SMILES string of the molecule is CC.O=c1[nH]cnc2occ(C(O)NC3CCCC3)c12. The number of rotatable bonds is 3. The van der Waals surface area contributed by atoms with Gasteiger partial charge in [0, 0.05) is 11.6 Å². The van der Waals surface area contributed by atoms with Gasteiger partial charge in [0.25, 0.3) is 5.56 Å². The van der Waals surface area contributed by atoms with Gasteiger partial charge in [0.15, 0.2) is 0 Å². The third-order valence-electron chi connectivity index (χ3n) is 3.45. The number of aromatic nitrogens is 2. The van der Waals surface area contributed by atoms with Crippen LogP contribution in [-0.4, -0.2) is 21.1 Å². The predicted molar refractivity (Wildman–Crippen MR) is 76.3 cm³/mol. The molecule has 0 spiro atoms. The van der Waals surface area contributed by atoms with Gasteiger partial charge in [0.1, 0.15) is 17.9 Å². The summed E-state index contributed by atoms with van der Waals surface area (Å²) in [5.41, 5.74) is 0.406. The van der Waals surface area contributed by atoms with Gasteiger partial charge in [0.05, 0.1) is 6.33 Å². The quantitative estimate of drug-likeness (QED) is 0.748. The predicted octanol–water partition coefficient (Wildman–Crippen LogP) is 2.07. The highest BCUT2D eigenvalue weighted by molar-refractivity contribution is 5.76. The lowest BCUT2D eigenvalue weighted by Crippen LogP contribution is -2.30. The van der Waals surface area contributed by atoms with Gasteiger partial charge in [-0.15, -0.1) is 0 Å². The molecule has 1 unspecified atom stereocenters. The molecule has 0 saturated heterocycles. The van der Waals surface area contributed by atoms with E-state index in [-0.39, 0.29) is 11.3 Å². The van der Waals surface area contributed by atoms with E-state index < -0.39 is 6.23 Å². The normalized spacial score (nSPS) is 16.9. The first-order valence-electron chi connectivity index (χ1n) is 7.14. The minimum atomic E-state index is -0.889. The Kier molecular flexibility index (Phi) is 4.92. The Labute approximate surface area is 117 Å². The van der Waals surface area contributed by atoms with Gasteiger partial charge >= 0.3 is 0 Å². The molecule has 6 heteroatoms. The van der Waals surface area contributed by atoms with Crippen LogP contribution < -0.4 is 10.9 Å². The number of hydrogen-bond acceptors (Lipinski definition) is 5. The van der Waals surface area contributed by atoms with Crippen molar-refractivity contribution < 1.29 is 9.52 Å². The molecular formula is C14H21N3O3. The highest BCUT2D eigenvalue weighted by atomic mass is 16.3. The number of hydrogen-bond donors (Lipinski definition) is 3. The number of fused-ring (bicyclic) bond motifs is 1. The number of nitrogens with one attached hydrogen (secondary N) is 2. The smallest absolute Gasteiger partial charge is 0.262 e. The number of aliphatic hydroxyl groups excluding tert-OH is 1. The van der Waals surface area contributed by atoms with Gasteiger partial charge in [-0.1, -0.05) is 26.7 Å². The number of H-pyrrole nitrogens is 1. The number of aromatic amines is 1. The van der Waals surface area contributed by atoms with Crippen molar-refractivity contribution in [2.75, 3.05) is 0 Å². The van der Waals surface area contributed by atoms with Crippen molar-refractivity contribution in [3.63, 3.8) is 0 Å². The Balaban J connectivity index is 0.000000704. The lowest BCUT2D eigenvalue weighted by atomic mass is 10.2. The van der Waals surface area contributed by atoms with Gasteiger partial charge < -0.3 is 14.5 Å². The molecule has 3 rings (SSSR count). The van der Waals surface area contributed by atoms with Crippen molar-refractivity contribution >= 4 is 11.1 Å².